The first kappa shape index (κ1) is 15.9. The average molecular weight is 309 g/mol. The van der Waals surface area contributed by atoms with Crippen LogP contribution in [0.5, 0.6) is 0 Å². The third kappa shape index (κ3) is 3.22. The van der Waals surface area contributed by atoms with Crippen LogP contribution in [0.3, 0.4) is 0 Å². The number of halogens is 1. The van der Waals surface area contributed by atoms with Gasteiger partial charge in [-0.15, -0.1) is 0 Å². The first-order valence-electron chi connectivity index (χ1n) is 7.00. The number of fused-ring (bicyclic) bond motifs is 1. The monoisotopic (exact) mass is 308 g/mol. The fraction of sp³-hybridized carbons (Fsp3) is 0.438. The number of nitrogens with two attached hydrogens (primary N) is 1. The molecule has 1 amide bonds. The molecule has 1 aromatic carbocycles. The Morgan fingerprint density at radius 3 is 2.62 bits per heavy atom. The van der Waals surface area contributed by atoms with E-state index in [1.54, 1.807) is 13.0 Å². The Bertz CT molecular complexity index is 661. The Labute approximate surface area is 129 Å². The van der Waals surface area contributed by atoms with Crippen LogP contribution < -0.4 is 11.1 Å². The summed E-state index contributed by atoms with van der Waals surface area (Å²) in [5.74, 6) is 0.530. The molecule has 0 bridgehead atoms. The van der Waals surface area contributed by atoms with Crippen molar-refractivity contribution < 1.29 is 9.21 Å². The zero-order valence-electron chi connectivity index (χ0n) is 12.7. The Hall–Kier alpha value is -1.52. The molecule has 1 aromatic heterocycles. The Balaban J connectivity index is 2.19. The van der Waals surface area contributed by atoms with Crippen LogP contribution in [0.2, 0.25) is 5.02 Å². The van der Waals surface area contributed by atoms with Gasteiger partial charge >= 0.3 is 0 Å². The standard InChI is InChI=1S/C16H21ClN2O2/c1-9(2)16(4,18)15(20)19-10(3)14-8-11-7-12(17)5-6-13(11)21-14/h5-10H,18H2,1-4H3,(H,19,20). The average Bonchev–Trinajstić information content (AvgIpc) is 2.81. The molecule has 21 heavy (non-hydrogen) atoms. The van der Waals surface area contributed by atoms with Crippen LogP contribution in [0.4, 0.5) is 0 Å². The molecule has 0 saturated heterocycles. The molecule has 0 fully saturated rings. The highest BCUT2D eigenvalue weighted by Gasteiger charge is 2.33. The van der Waals surface area contributed by atoms with E-state index < -0.39 is 5.54 Å². The van der Waals surface area contributed by atoms with Crippen LogP contribution in [0, 0.1) is 5.92 Å². The molecule has 1 heterocycles. The zero-order chi connectivity index (χ0) is 15.8. The number of nitrogens with one attached hydrogen (secondary N) is 1. The molecule has 2 rings (SSSR count). The molecular weight excluding hydrogens is 288 g/mol. The van der Waals surface area contributed by atoms with Crippen molar-refractivity contribution >= 4 is 28.5 Å². The second-order valence-electron chi connectivity index (χ2n) is 5.96. The molecule has 0 spiro atoms. The van der Waals surface area contributed by atoms with E-state index in [1.165, 1.54) is 0 Å². The van der Waals surface area contributed by atoms with E-state index in [1.807, 2.05) is 39.0 Å². The number of amides is 1. The van der Waals surface area contributed by atoms with Gasteiger partial charge in [-0.1, -0.05) is 25.4 Å². The van der Waals surface area contributed by atoms with Gasteiger partial charge in [-0.2, -0.15) is 0 Å². The SMILES string of the molecule is CC(NC(=O)C(C)(N)C(C)C)c1cc2cc(Cl)ccc2o1. The van der Waals surface area contributed by atoms with Gasteiger partial charge in [0.15, 0.2) is 0 Å². The van der Waals surface area contributed by atoms with Crippen molar-refractivity contribution in [2.24, 2.45) is 11.7 Å². The number of benzene rings is 1. The van der Waals surface area contributed by atoms with Crippen molar-refractivity contribution in [3.8, 4) is 0 Å². The topological polar surface area (TPSA) is 68.3 Å². The lowest BCUT2D eigenvalue weighted by Gasteiger charge is -2.28. The summed E-state index contributed by atoms with van der Waals surface area (Å²) in [7, 11) is 0. The molecule has 5 heteroatoms. The molecule has 114 valence electrons. The zero-order valence-corrected chi connectivity index (χ0v) is 13.5. The van der Waals surface area contributed by atoms with E-state index in [0.717, 1.165) is 11.0 Å². The maximum absolute atomic E-state index is 12.3. The summed E-state index contributed by atoms with van der Waals surface area (Å²) in [6.45, 7) is 7.45. The molecule has 0 aliphatic heterocycles. The number of furan rings is 1. The van der Waals surface area contributed by atoms with E-state index in [2.05, 4.69) is 5.32 Å². The molecule has 0 aliphatic rings. The van der Waals surface area contributed by atoms with E-state index in [0.29, 0.717) is 10.8 Å². The number of carbonyl (C=O) groups is 1. The van der Waals surface area contributed by atoms with Gasteiger partial charge in [-0.3, -0.25) is 4.79 Å². The molecule has 2 aromatic rings. The predicted molar refractivity (Wildman–Crippen MR) is 85.2 cm³/mol. The maximum Gasteiger partial charge on any atom is 0.240 e. The minimum absolute atomic E-state index is 0.0409. The second kappa shape index (κ2) is 5.70. The lowest BCUT2D eigenvalue weighted by atomic mass is 9.88. The molecule has 3 N–H and O–H groups in total. The van der Waals surface area contributed by atoms with Crippen molar-refractivity contribution in [1.29, 1.82) is 0 Å². The van der Waals surface area contributed by atoms with E-state index >= 15 is 0 Å². The summed E-state index contributed by atoms with van der Waals surface area (Å²) in [4.78, 5) is 12.3. The van der Waals surface area contributed by atoms with Gasteiger partial charge in [-0.25, -0.2) is 0 Å². The fourth-order valence-electron chi connectivity index (χ4n) is 1.93. The lowest BCUT2D eigenvalue weighted by molar-refractivity contribution is -0.128. The van der Waals surface area contributed by atoms with Crippen LogP contribution in [0.1, 0.15) is 39.5 Å². The molecular formula is C16H21ClN2O2. The normalized spacial score (nSPS) is 16.0. The molecule has 4 nitrogen and oxygen atoms in total. The van der Waals surface area contributed by atoms with Crippen LogP contribution in [0.25, 0.3) is 11.0 Å². The van der Waals surface area contributed by atoms with Gasteiger partial charge in [0.1, 0.15) is 11.3 Å². The van der Waals surface area contributed by atoms with Gasteiger partial charge < -0.3 is 15.5 Å². The number of carbonyl (C=O) groups excluding carboxylic acids is 1. The van der Waals surface area contributed by atoms with Crippen molar-refractivity contribution in [1.82, 2.24) is 5.32 Å². The van der Waals surface area contributed by atoms with Gasteiger partial charge in [0, 0.05) is 10.4 Å². The molecule has 0 saturated carbocycles. The number of hydrogen-bond donors (Lipinski definition) is 2. The summed E-state index contributed by atoms with van der Waals surface area (Å²) in [6.07, 6.45) is 0. The third-order valence-corrected chi connectivity index (χ3v) is 4.20. The largest absolute Gasteiger partial charge is 0.459 e. The van der Waals surface area contributed by atoms with Crippen LogP contribution >= 0.6 is 11.6 Å². The first-order valence-corrected chi connectivity index (χ1v) is 7.38. The van der Waals surface area contributed by atoms with Crippen molar-refractivity contribution in [2.45, 2.75) is 39.3 Å². The number of hydrogen-bond acceptors (Lipinski definition) is 3. The fourth-order valence-corrected chi connectivity index (χ4v) is 2.11. The Kier molecular flexibility index (Phi) is 4.30. The minimum atomic E-state index is -0.913. The van der Waals surface area contributed by atoms with Crippen molar-refractivity contribution in [3.05, 3.63) is 35.0 Å². The minimum Gasteiger partial charge on any atom is -0.459 e. The van der Waals surface area contributed by atoms with Gasteiger partial charge in [0.05, 0.1) is 11.6 Å². The molecule has 0 aliphatic carbocycles. The summed E-state index contributed by atoms with van der Waals surface area (Å²) in [5, 5.41) is 4.47. The maximum atomic E-state index is 12.3. The van der Waals surface area contributed by atoms with E-state index in [-0.39, 0.29) is 17.9 Å². The smallest absolute Gasteiger partial charge is 0.240 e. The predicted octanol–water partition coefficient (Wildman–Crippen LogP) is 3.64. The highest BCUT2D eigenvalue weighted by Crippen LogP contribution is 2.26. The van der Waals surface area contributed by atoms with Crippen molar-refractivity contribution in [3.63, 3.8) is 0 Å². The second-order valence-corrected chi connectivity index (χ2v) is 6.40. The Morgan fingerprint density at radius 2 is 2.00 bits per heavy atom. The highest BCUT2D eigenvalue weighted by molar-refractivity contribution is 6.31. The molecule has 0 radical (unpaired) electrons. The molecule has 2 atom stereocenters. The first-order chi connectivity index (χ1) is 9.71. The quantitative estimate of drug-likeness (QED) is 0.906. The Morgan fingerprint density at radius 1 is 1.33 bits per heavy atom. The number of rotatable bonds is 4. The van der Waals surface area contributed by atoms with Gasteiger partial charge in [0.25, 0.3) is 0 Å². The highest BCUT2D eigenvalue weighted by atomic mass is 35.5. The van der Waals surface area contributed by atoms with Gasteiger partial charge in [-0.05, 0) is 44.0 Å². The van der Waals surface area contributed by atoms with Crippen LogP contribution in [-0.2, 0) is 4.79 Å². The summed E-state index contributed by atoms with van der Waals surface area (Å²) >= 11 is 5.96. The molecule has 2 unspecified atom stereocenters. The van der Waals surface area contributed by atoms with E-state index in [9.17, 15) is 4.79 Å². The third-order valence-electron chi connectivity index (χ3n) is 3.96. The lowest BCUT2D eigenvalue weighted by Crippen LogP contribution is -2.55. The van der Waals surface area contributed by atoms with Crippen LogP contribution in [-0.4, -0.2) is 11.4 Å². The van der Waals surface area contributed by atoms with Crippen LogP contribution in [0.15, 0.2) is 28.7 Å². The van der Waals surface area contributed by atoms with E-state index in [4.69, 9.17) is 21.8 Å². The summed E-state index contributed by atoms with van der Waals surface area (Å²) < 4.78 is 5.74. The van der Waals surface area contributed by atoms with Gasteiger partial charge in [0.2, 0.25) is 5.91 Å². The summed E-state index contributed by atoms with van der Waals surface area (Å²) in [5.41, 5.74) is 5.90. The summed E-state index contributed by atoms with van der Waals surface area (Å²) in [6, 6.07) is 7.05. The van der Waals surface area contributed by atoms with Crippen molar-refractivity contribution in [2.75, 3.05) is 0 Å².